The van der Waals surface area contributed by atoms with Crippen molar-refractivity contribution in [1.29, 1.82) is 0 Å². The van der Waals surface area contributed by atoms with Crippen LogP contribution in [-0.2, 0) is 23.9 Å². The summed E-state index contributed by atoms with van der Waals surface area (Å²) >= 11 is 0. The Hall–Kier alpha value is -1.59. The summed E-state index contributed by atoms with van der Waals surface area (Å²) < 4.78 is 9.88. The number of hydrogen-bond acceptors (Lipinski definition) is 5. The van der Waals surface area contributed by atoms with Crippen LogP contribution in [0.5, 0.6) is 0 Å². The van der Waals surface area contributed by atoms with E-state index in [1.54, 1.807) is 13.8 Å². The van der Waals surface area contributed by atoms with Crippen molar-refractivity contribution in [2.75, 3.05) is 13.2 Å². The van der Waals surface area contributed by atoms with Crippen LogP contribution in [0.1, 0.15) is 46.0 Å². The third-order valence-corrected chi connectivity index (χ3v) is 3.91. The second kappa shape index (κ2) is 8.64. The second-order valence-corrected chi connectivity index (χ2v) is 5.35. The van der Waals surface area contributed by atoms with Crippen LogP contribution >= 0.6 is 0 Å². The van der Waals surface area contributed by atoms with E-state index in [1.807, 2.05) is 0 Å². The molecule has 0 saturated heterocycles. The van der Waals surface area contributed by atoms with E-state index in [2.05, 4.69) is 0 Å². The maximum atomic E-state index is 11.9. The molecular formula is C15H24O6. The molecule has 0 aliphatic heterocycles. The van der Waals surface area contributed by atoms with Crippen molar-refractivity contribution in [3.63, 3.8) is 0 Å². The van der Waals surface area contributed by atoms with Gasteiger partial charge in [0.25, 0.3) is 0 Å². The van der Waals surface area contributed by atoms with Crippen LogP contribution in [-0.4, -0.2) is 36.2 Å². The van der Waals surface area contributed by atoms with Crippen LogP contribution < -0.4 is 0 Å². The number of rotatable bonds is 7. The molecule has 6 heteroatoms. The molecule has 21 heavy (non-hydrogen) atoms. The monoisotopic (exact) mass is 300 g/mol. The molecule has 120 valence electrons. The molecule has 1 N–H and O–H groups in total. The molecule has 0 spiro atoms. The number of ether oxygens (including phenoxy) is 2. The highest BCUT2D eigenvalue weighted by Crippen LogP contribution is 2.33. The Morgan fingerprint density at radius 2 is 1.48 bits per heavy atom. The van der Waals surface area contributed by atoms with Gasteiger partial charge >= 0.3 is 17.9 Å². The summed E-state index contributed by atoms with van der Waals surface area (Å²) in [6.07, 6.45) is 3.00. The van der Waals surface area contributed by atoms with Gasteiger partial charge in [0.1, 0.15) is 0 Å². The standard InChI is InChI=1S/C15H24O6/c1-3-20-14(18)12(15(19)21-4-2)9-10-5-7-11(8-6-10)13(16)17/h10-12H,3-9H2,1-2H3,(H,16,17). The molecule has 1 fully saturated rings. The number of carboxylic acid groups (broad SMARTS) is 1. The molecule has 0 atom stereocenters. The Kier molecular flexibility index (Phi) is 7.19. The van der Waals surface area contributed by atoms with Gasteiger partial charge in [-0.1, -0.05) is 0 Å². The molecular weight excluding hydrogens is 276 g/mol. The Morgan fingerprint density at radius 3 is 1.86 bits per heavy atom. The summed E-state index contributed by atoms with van der Waals surface area (Å²) in [5.41, 5.74) is 0. The quantitative estimate of drug-likeness (QED) is 0.571. The Morgan fingerprint density at radius 1 is 1.00 bits per heavy atom. The van der Waals surface area contributed by atoms with Crippen molar-refractivity contribution in [3.05, 3.63) is 0 Å². The van der Waals surface area contributed by atoms with Gasteiger partial charge < -0.3 is 14.6 Å². The molecule has 0 radical (unpaired) electrons. The first-order chi connectivity index (χ1) is 9.99. The van der Waals surface area contributed by atoms with Crippen LogP contribution in [0.25, 0.3) is 0 Å². The minimum Gasteiger partial charge on any atom is -0.481 e. The van der Waals surface area contributed by atoms with Crippen molar-refractivity contribution in [2.45, 2.75) is 46.0 Å². The predicted molar refractivity (Wildman–Crippen MR) is 74.5 cm³/mol. The van der Waals surface area contributed by atoms with Gasteiger partial charge in [-0.25, -0.2) is 0 Å². The van der Waals surface area contributed by atoms with E-state index in [9.17, 15) is 14.4 Å². The Labute approximate surface area is 124 Å². The average Bonchev–Trinajstić information content (AvgIpc) is 2.45. The van der Waals surface area contributed by atoms with Crippen LogP contribution in [0.2, 0.25) is 0 Å². The molecule has 0 amide bonds. The summed E-state index contributed by atoms with van der Waals surface area (Å²) in [7, 11) is 0. The lowest BCUT2D eigenvalue weighted by atomic mass is 9.78. The van der Waals surface area contributed by atoms with Gasteiger partial charge in [0.2, 0.25) is 0 Å². The van der Waals surface area contributed by atoms with E-state index in [4.69, 9.17) is 14.6 Å². The lowest BCUT2D eigenvalue weighted by Crippen LogP contribution is -2.31. The van der Waals surface area contributed by atoms with Crippen molar-refractivity contribution in [1.82, 2.24) is 0 Å². The third-order valence-electron chi connectivity index (χ3n) is 3.91. The summed E-state index contributed by atoms with van der Waals surface area (Å²) in [4.78, 5) is 34.7. The molecule has 0 aromatic rings. The molecule has 0 heterocycles. The smallest absolute Gasteiger partial charge is 0.320 e. The summed E-state index contributed by atoms with van der Waals surface area (Å²) in [5, 5.41) is 8.97. The minimum absolute atomic E-state index is 0.166. The van der Waals surface area contributed by atoms with Gasteiger partial charge in [0.05, 0.1) is 19.1 Å². The highest BCUT2D eigenvalue weighted by molar-refractivity contribution is 5.94. The van der Waals surface area contributed by atoms with E-state index >= 15 is 0 Å². The lowest BCUT2D eigenvalue weighted by molar-refractivity contribution is -0.163. The first kappa shape index (κ1) is 17.5. The van der Waals surface area contributed by atoms with Crippen molar-refractivity contribution < 1.29 is 29.0 Å². The molecule has 0 bridgehead atoms. The van der Waals surface area contributed by atoms with Gasteiger partial charge in [-0.15, -0.1) is 0 Å². The number of carbonyl (C=O) groups excluding carboxylic acids is 2. The molecule has 0 unspecified atom stereocenters. The molecule has 1 aliphatic carbocycles. The fraction of sp³-hybridized carbons (Fsp3) is 0.800. The summed E-state index contributed by atoms with van der Waals surface area (Å²) in [6, 6.07) is 0. The normalized spacial score (nSPS) is 21.9. The lowest BCUT2D eigenvalue weighted by Gasteiger charge is -2.27. The van der Waals surface area contributed by atoms with Crippen molar-refractivity contribution in [2.24, 2.45) is 17.8 Å². The van der Waals surface area contributed by atoms with Crippen LogP contribution in [0, 0.1) is 17.8 Å². The van der Waals surface area contributed by atoms with Crippen LogP contribution in [0.15, 0.2) is 0 Å². The molecule has 1 aliphatic rings. The fourth-order valence-electron chi connectivity index (χ4n) is 2.75. The van der Waals surface area contributed by atoms with Crippen molar-refractivity contribution in [3.8, 4) is 0 Å². The van der Waals surface area contributed by atoms with E-state index in [1.165, 1.54) is 0 Å². The minimum atomic E-state index is -0.892. The van der Waals surface area contributed by atoms with E-state index < -0.39 is 23.8 Å². The third kappa shape index (κ3) is 5.36. The highest BCUT2D eigenvalue weighted by atomic mass is 16.6. The Bertz CT molecular complexity index is 352. The van der Waals surface area contributed by atoms with Gasteiger partial charge in [-0.05, 0) is 51.9 Å². The topological polar surface area (TPSA) is 89.9 Å². The number of esters is 2. The first-order valence-electron chi connectivity index (χ1n) is 7.55. The van der Waals surface area contributed by atoms with Gasteiger partial charge in [0, 0.05) is 0 Å². The van der Waals surface area contributed by atoms with Gasteiger partial charge in [0.15, 0.2) is 5.92 Å². The molecule has 1 rings (SSSR count). The maximum absolute atomic E-state index is 11.9. The number of hydrogen-bond donors (Lipinski definition) is 1. The number of carboxylic acids is 1. The maximum Gasteiger partial charge on any atom is 0.320 e. The van der Waals surface area contributed by atoms with Crippen molar-refractivity contribution >= 4 is 17.9 Å². The highest BCUT2D eigenvalue weighted by Gasteiger charge is 2.34. The SMILES string of the molecule is CCOC(=O)C(CC1CCC(C(=O)O)CC1)C(=O)OCC. The molecule has 0 aromatic heterocycles. The van der Waals surface area contributed by atoms with Crippen LogP contribution in [0.4, 0.5) is 0 Å². The zero-order chi connectivity index (χ0) is 15.8. The van der Waals surface area contributed by atoms with Gasteiger partial charge in [-0.3, -0.25) is 14.4 Å². The molecule has 0 aromatic carbocycles. The summed E-state index contributed by atoms with van der Waals surface area (Å²) in [6.45, 7) is 3.83. The first-order valence-corrected chi connectivity index (χ1v) is 7.55. The Balaban J connectivity index is 2.59. The van der Waals surface area contributed by atoms with Gasteiger partial charge in [-0.2, -0.15) is 0 Å². The zero-order valence-corrected chi connectivity index (χ0v) is 12.7. The number of aliphatic carboxylic acids is 1. The zero-order valence-electron chi connectivity index (χ0n) is 12.7. The largest absolute Gasteiger partial charge is 0.481 e. The van der Waals surface area contributed by atoms with E-state index in [0.29, 0.717) is 32.1 Å². The second-order valence-electron chi connectivity index (χ2n) is 5.35. The fourth-order valence-corrected chi connectivity index (χ4v) is 2.75. The predicted octanol–water partition coefficient (Wildman–Crippen LogP) is 2.01. The van der Waals surface area contributed by atoms with E-state index in [-0.39, 0.29) is 25.0 Å². The van der Waals surface area contributed by atoms with E-state index in [0.717, 1.165) is 0 Å². The number of carbonyl (C=O) groups is 3. The molecule has 6 nitrogen and oxygen atoms in total. The average molecular weight is 300 g/mol. The summed E-state index contributed by atoms with van der Waals surface area (Å²) in [5.74, 6) is -2.88. The van der Waals surface area contributed by atoms with Crippen LogP contribution in [0.3, 0.4) is 0 Å². The molecule has 1 saturated carbocycles.